The number of carbonyl (C=O) groups is 1. The Morgan fingerprint density at radius 1 is 1.08 bits per heavy atom. The molecular weight excluding hydrogens is 308 g/mol. The smallest absolute Gasteiger partial charge is 0.253 e. The number of hydrogen-bond acceptors (Lipinski definition) is 5. The van der Waals surface area contributed by atoms with Crippen LogP contribution in [0.1, 0.15) is 21.5 Å². The lowest BCUT2D eigenvalue weighted by atomic mass is 10.0. The number of aliphatic hydroxyl groups is 2. The Balaban J connectivity index is 1.60. The molecule has 0 unspecified atom stereocenters. The molecule has 2 N–H and O–H groups in total. The predicted molar refractivity (Wildman–Crippen MR) is 90.0 cm³/mol. The van der Waals surface area contributed by atoms with Crippen molar-refractivity contribution in [2.24, 2.45) is 0 Å². The molecule has 0 saturated carbocycles. The normalized spacial score (nSPS) is 28.8. The summed E-state index contributed by atoms with van der Waals surface area (Å²) in [6.07, 6.45) is -1.63. The monoisotopic (exact) mass is 334 g/mol. The van der Waals surface area contributed by atoms with E-state index in [1.165, 1.54) is 5.56 Å². The summed E-state index contributed by atoms with van der Waals surface area (Å²) in [5.41, 5.74) is 3.03. The Bertz CT molecular complexity index is 599. The molecule has 0 radical (unpaired) electrons. The van der Waals surface area contributed by atoms with Crippen molar-refractivity contribution in [3.8, 4) is 0 Å². The van der Waals surface area contributed by atoms with Crippen LogP contribution < -0.4 is 0 Å². The number of carbonyl (C=O) groups excluding carboxylic acids is 1. The van der Waals surface area contributed by atoms with Crippen molar-refractivity contribution in [2.45, 2.75) is 32.1 Å². The predicted octanol–water partition coefficient (Wildman–Crippen LogP) is 0.182. The minimum absolute atomic E-state index is 0.0539. The van der Waals surface area contributed by atoms with E-state index >= 15 is 0 Å². The lowest BCUT2D eigenvalue weighted by Gasteiger charge is -2.43. The molecule has 2 aliphatic rings. The number of aliphatic hydroxyl groups excluding tert-OH is 2. The van der Waals surface area contributed by atoms with Gasteiger partial charge in [-0.3, -0.25) is 9.69 Å². The fraction of sp³-hybridized carbons (Fsp3) is 0.611. The summed E-state index contributed by atoms with van der Waals surface area (Å²) in [6.45, 7) is 7.24. The molecule has 24 heavy (non-hydrogen) atoms. The van der Waals surface area contributed by atoms with Crippen LogP contribution in [0.5, 0.6) is 0 Å². The molecule has 1 amide bonds. The van der Waals surface area contributed by atoms with Crippen molar-refractivity contribution >= 4 is 5.91 Å². The van der Waals surface area contributed by atoms with Crippen LogP contribution in [0.4, 0.5) is 0 Å². The molecule has 3 atom stereocenters. The second-order valence-corrected chi connectivity index (χ2v) is 6.79. The van der Waals surface area contributed by atoms with Crippen molar-refractivity contribution in [3.05, 3.63) is 34.9 Å². The number of aryl methyl sites for hydroxylation is 2. The zero-order valence-corrected chi connectivity index (χ0v) is 14.3. The number of amides is 1. The number of nitrogens with zero attached hydrogens (tertiary/aromatic N) is 2. The van der Waals surface area contributed by atoms with Gasteiger partial charge in [-0.2, -0.15) is 0 Å². The highest BCUT2D eigenvalue weighted by molar-refractivity contribution is 5.94. The van der Waals surface area contributed by atoms with Gasteiger partial charge in [0.1, 0.15) is 6.10 Å². The van der Waals surface area contributed by atoms with Crippen molar-refractivity contribution in [2.75, 3.05) is 39.4 Å². The molecule has 6 heteroatoms. The molecule has 2 heterocycles. The van der Waals surface area contributed by atoms with E-state index in [1.54, 1.807) is 0 Å². The van der Waals surface area contributed by atoms with Gasteiger partial charge in [0.05, 0.1) is 25.4 Å². The first-order chi connectivity index (χ1) is 11.5. The standard InChI is InChI=1S/C18H26N2O4/c1-12-3-4-14(9-13(12)2)18(23)20-7-5-19(6-8-20)15-10-24-11-16(21)17(15)22/h3-4,9,15-17,21-22H,5-8,10-11H2,1-2H3/t15-,16-,17+/m1/s1. The lowest BCUT2D eigenvalue weighted by Crippen LogP contribution is -2.60. The van der Waals surface area contributed by atoms with Crippen LogP contribution in [0.15, 0.2) is 18.2 Å². The summed E-state index contributed by atoms with van der Waals surface area (Å²) in [4.78, 5) is 16.6. The van der Waals surface area contributed by atoms with Gasteiger partial charge in [0, 0.05) is 31.7 Å². The van der Waals surface area contributed by atoms with Crippen molar-refractivity contribution < 1.29 is 19.7 Å². The minimum atomic E-state index is -0.834. The lowest BCUT2D eigenvalue weighted by molar-refractivity contribution is -0.136. The van der Waals surface area contributed by atoms with Crippen LogP contribution in [-0.4, -0.2) is 83.6 Å². The zero-order valence-electron chi connectivity index (χ0n) is 14.3. The Labute approximate surface area is 142 Å². The molecule has 2 aliphatic heterocycles. The van der Waals surface area contributed by atoms with Gasteiger partial charge in [-0.25, -0.2) is 0 Å². The maximum atomic E-state index is 12.7. The molecule has 3 rings (SSSR count). The molecule has 0 aromatic heterocycles. The van der Waals surface area contributed by atoms with Crippen LogP contribution in [-0.2, 0) is 4.74 Å². The molecule has 0 spiro atoms. The van der Waals surface area contributed by atoms with E-state index in [9.17, 15) is 15.0 Å². The SMILES string of the molecule is Cc1ccc(C(=O)N2CCN([C@@H]3COC[C@@H](O)[C@H]3O)CC2)cc1C. The van der Waals surface area contributed by atoms with E-state index in [2.05, 4.69) is 4.90 Å². The largest absolute Gasteiger partial charge is 0.389 e. The van der Waals surface area contributed by atoms with Gasteiger partial charge in [-0.1, -0.05) is 6.07 Å². The maximum absolute atomic E-state index is 12.7. The van der Waals surface area contributed by atoms with E-state index in [0.717, 1.165) is 11.1 Å². The molecule has 6 nitrogen and oxygen atoms in total. The van der Waals surface area contributed by atoms with Crippen LogP contribution in [0.2, 0.25) is 0 Å². The van der Waals surface area contributed by atoms with Crippen LogP contribution in [0, 0.1) is 13.8 Å². The zero-order chi connectivity index (χ0) is 17.3. The third-order valence-corrected chi connectivity index (χ3v) is 5.19. The van der Waals surface area contributed by atoms with Gasteiger partial charge in [-0.05, 0) is 37.1 Å². The fourth-order valence-electron chi connectivity index (χ4n) is 3.40. The maximum Gasteiger partial charge on any atom is 0.253 e. The summed E-state index contributed by atoms with van der Waals surface area (Å²) < 4.78 is 5.35. The van der Waals surface area contributed by atoms with Crippen molar-refractivity contribution in [1.82, 2.24) is 9.80 Å². The summed E-state index contributed by atoms with van der Waals surface area (Å²) in [5, 5.41) is 19.9. The third-order valence-electron chi connectivity index (χ3n) is 5.19. The molecule has 2 fully saturated rings. The first kappa shape index (κ1) is 17.4. The number of piperazine rings is 1. The average molecular weight is 334 g/mol. The highest BCUT2D eigenvalue weighted by Crippen LogP contribution is 2.18. The molecule has 1 aromatic rings. The van der Waals surface area contributed by atoms with E-state index in [0.29, 0.717) is 32.8 Å². The van der Waals surface area contributed by atoms with Gasteiger partial charge < -0.3 is 19.8 Å². The van der Waals surface area contributed by atoms with Crippen molar-refractivity contribution in [3.63, 3.8) is 0 Å². The number of hydrogen-bond donors (Lipinski definition) is 2. The van der Waals surface area contributed by atoms with Crippen LogP contribution >= 0.6 is 0 Å². The molecule has 0 bridgehead atoms. The second kappa shape index (κ2) is 7.19. The summed E-state index contributed by atoms with van der Waals surface area (Å²) in [7, 11) is 0. The summed E-state index contributed by atoms with van der Waals surface area (Å²) in [5.74, 6) is 0.0539. The minimum Gasteiger partial charge on any atom is -0.389 e. The Hall–Kier alpha value is -1.47. The third kappa shape index (κ3) is 3.47. The summed E-state index contributed by atoms with van der Waals surface area (Å²) in [6, 6.07) is 5.61. The van der Waals surface area contributed by atoms with E-state index in [1.807, 2.05) is 36.9 Å². The highest BCUT2D eigenvalue weighted by atomic mass is 16.5. The van der Waals surface area contributed by atoms with Crippen molar-refractivity contribution in [1.29, 1.82) is 0 Å². The number of benzene rings is 1. The Morgan fingerprint density at radius 2 is 1.79 bits per heavy atom. The highest BCUT2D eigenvalue weighted by Gasteiger charge is 2.37. The van der Waals surface area contributed by atoms with Gasteiger partial charge in [-0.15, -0.1) is 0 Å². The Morgan fingerprint density at radius 3 is 2.46 bits per heavy atom. The Kier molecular flexibility index (Phi) is 5.20. The average Bonchev–Trinajstić information content (AvgIpc) is 2.59. The first-order valence-electron chi connectivity index (χ1n) is 8.52. The quantitative estimate of drug-likeness (QED) is 0.807. The van der Waals surface area contributed by atoms with E-state index in [4.69, 9.17) is 4.74 Å². The molecule has 132 valence electrons. The fourth-order valence-corrected chi connectivity index (χ4v) is 3.40. The number of ether oxygens (including phenoxy) is 1. The van der Waals surface area contributed by atoms with Gasteiger partial charge in [0.15, 0.2) is 0 Å². The van der Waals surface area contributed by atoms with Gasteiger partial charge >= 0.3 is 0 Å². The van der Waals surface area contributed by atoms with E-state index < -0.39 is 12.2 Å². The van der Waals surface area contributed by atoms with E-state index in [-0.39, 0.29) is 18.6 Å². The van der Waals surface area contributed by atoms with Crippen LogP contribution in [0.25, 0.3) is 0 Å². The molecule has 2 saturated heterocycles. The molecule has 0 aliphatic carbocycles. The molecular formula is C18H26N2O4. The summed E-state index contributed by atoms with van der Waals surface area (Å²) >= 11 is 0. The first-order valence-corrected chi connectivity index (χ1v) is 8.52. The molecule has 1 aromatic carbocycles. The second-order valence-electron chi connectivity index (χ2n) is 6.79. The number of rotatable bonds is 2. The topological polar surface area (TPSA) is 73.2 Å². The van der Waals surface area contributed by atoms with Gasteiger partial charge in [0.25, 0.3) is 5.91 Å². The van der Waals surface area contributed by atoms with Crippen LogP contribution in [0.3, 0.4) is 0 Å². The van der Waals surface area contributed by atoms with Gasteiger partial charge in [0.2, 0.25) is 0 Å².